The van der Waals surface area contributed by atoms with Crippen LogP contribution < -0.4 is 20.7 Å². The van der Waals surface area contributed by atoms with E-state index in [-0.39, 0.29) is 0 Å². The summed E-state index contributed by atoms with van der Waals surface area (Å²) >= 11 is 0. The molecular formula is C97H69N5Si. The molecule has 6 heteroatoms. The van der Waals surface area contributed by atoms with E-state index in [1.54, 1.807) is 0 Å². The summed E-state index contributed by atoms with van der Waals surface area (Å²) in [6, 6.07) is 145. The molecule has 5 aromatic heterocycles. The molecule has 0 atom stereocenters. The van der Waals surface area contributed by atoms with E-state index in [2.05, 4.69) is 430 Å². The lowest BCUT2D eigenvalue weighted by Gasteiger charge is -2.34. The average Bonchev–Trinajstić information content (AvgIpc) is 1.73. The van der Waals surface area contributed by atoms with Gasteiger partial charge < -0.3 is 22.8 Å². The van der Waals surface area contributed by atoms with Crippen molar-refractivity contribution >= 4 is 138 Å². The molecular weight excluding hydrogens is 1260 g/mol. The zero-order chi connectivity index (χ0) is 68.4. The minimum absolute atomic E-state index is 1.13. The van der Waals surface area contributed by atoms with Gasteiger partial charge in [0, 0.05) is 65.2 Å². The van der Waals surface area contributed by atoms with E-state index in [4.69, 9.17) is 0 Å². The van der Waals surface area contributed by atoms with Crippen LogP contribution in [0.25, 0.3) is 137 Å². The van der Waals surface area contributed by atoms with E-state index < -0.39 is 8.07 Å². The second-order valence-electron chi connectivity index (χ2n) is 26.8. The minimum Gasteiger partial charge on any atom is -0.309 e. The zero-order valence-electron chi connectivity index (χ0n) is 56.8. The van der Waals surface area contributed by atoms with Gasteiger partial charge >= 0.3 is 0 Å². The SMILES string of the molecule is Cc1cccc([Si](c2ccccc2)(c2ccccc2)c2ccccc2)c1.c1cc(-n2c3ccccc3c3ccccc32)cc(-n2c3ccccc3c3ccccc32)c1.c1ccc2c(c1)c1ccccc1n2-c1cc(-n2c3ccccc3c3ccccc32)cc(-n2c3ccccc3c3ccccc32)c1. The smallest absolute Gasteiger partial charge is 0.179 e. The fraction of sp³-hybridized carbons (Fsp3) is 0.0103. The van der Waals surface area contributed by atoms with E-state index in [1.807, 2.05) is 0 Å². The Labute approximate surface area is 598 Å². The summed E-state index contributed by atoms with van der Waals surface area (Å²) in [5, 5.41) is 18.4. The van der Waals surface area contributed by atoms with Gasteiger partial charge in [-0.3, -0.25) is 0 Å². The van der Waals surface area contributed by atoms with Crippen molar-refractivity contribution in [2.45, 2.75) is 6.92 Å². The Balaban J connectivity index is 0.000000111. The molecule has 0 radical (unpaired) electrons. The number of benzene rings is 16. The minimum atomic E-state index is -2.33. The maximum atomic E-state index is 2.43. The number of aryl methyl sites for hydroxylation is 1. The van der Waals surface area contributed by atoms with Crippen LogP contribution in [0.2, 0.25) is 0 Å². The molecule has 103 heavy (non-hydrogen) atoms. The third-order valence-electron chi connectivity index (χ3n) is 21.0. The summed E-state index contributed by atoms with van der Waals surface area (Å²) in [7, 11) is -2.33. The van der Waals surface area contributed by atoms with Gasteiger partial charge in [0.2, 0.25) is 0 Å². The number of para-hydroxylation sites is 10. The maximum absolute atomic E-state index is 2.43. The van der Waals surface area contributed by atoms with Crippen LogP contribution in [0, 0.1) is 6.92 Å². The Bertz CT molecular complexity index is 5960. The molecule has 0 fully saturated rings. The van der Waals surface area contributed by atoms with E-state index in [0.29, 0.717) is 0 Å². The molecule has 0 aliphatic rings. The molecule has 16 aromatic carbocycles. The van der Waals surface area contributed by atoms with Gasteiger partial charge in [0.05, 0.1) is 72.2 Å². The van der Waals surface area contributed by atoms with Gasteiger partial charge in [-0.1, -0.05) is 309 Å². The van der Waals surface area contributed by atoms with Crippen LogP contribution >= 0.6 is 0 Å². The van der Waals surface area contributed by atoms with Crippen molar-refractivity contribution < 1.29 is 0 Å². The van der Waals surface area contributed by atoms with Crippen LogP contribution in [-0.2, 0) is 0 Å². The predicted octanol–water partition coefficient (Wildman–Crippen LogP) is 22.2. The Hall–Kier alpha value is -13.3. The van der Waals surface area contributed by atoms with Crippen molar-refractivity contribution in [3.8, 4) is 28.4 Å². The van der Waals surface area contributed by atoms with Gasteiger partial charge in [-0.05, 0) is 125 Å². The molecule has 5 nitrogen and oxygen atoms in total. The van der Waals surface area contributed by atoms with Crippen molar-refractivity contribution in [3.63, 3.8) is 0 Å². The first-order chi connectivity index (χ1) is 51.1. The van der Waals surface area contributed by atoms with Crippen LogP contribution in [0.15, 0.2) is 400 Å². The third kappa shape index (κ3) is 10.1. The van der Waals surface area contributed by atoms with Crippen LogP contribution in [0.4, 0.5) is 0 Å². The lowest BCUT2D eigenvalue weighted by Crippen LogP contribution is -2.74. The monoisotopic (exact) mass is 1330 g/mol. The van der Waals surface area contributed by atoms with Crippen LogP contribution in [0.3, 0.4) is 0 Å². The summed E-state index contributed by atoms with van der Waals surface area (Å²) in [6.45, 7) is 2.18. The number of nitrogens with zero attached hydrogens (tertiary/aromatic N) is 5. The van der Waals surface area contributed by atoms with E-state index >= 15 is 0 Å². The maximum Gasteiger partial charge on any atom is 0.179 e. The van der Waals surface area contributed by atoms with E-state index in [1.165, 1.54) is 147 Å². The molecule has 5 heterocycles. The Morgan fingerprint density at radius 3 is 0.573 bits per heavy atom. The Kier molecular flexibility index (Phi) is 15.1. The Morgan fingerprint density at radius 2 is 0.340 bits per heavy atom. The number of hydrogen-bond acceptors (Lipinski definition) is 0. The summed E-state index contributed by atoms with van der Waals surface area (Å²) in [4.78, 5) is 0. The van der Waals surface area contributed by atoms with Crippen molar-refractivity contribution in [1.29, 1.82) is 0 Å². The van der Waals surface area contributed by atoms with Gasteiger partial charge in [0.25, 0.3) is 0 Å². The second-order valence-corrected chi connectivity index (χ2v) is 30.6. The first-order valence-electron chi connectivity index (χ1n) is 35.5. The predicted molar refractivity (Wildman–Crippen MR) is 439 cm³/mol. The van der Waals surface area contributed by atoms with Gasteiger partial charge in [-0.15, -0.1) is 0 Å². The summed E-state index contributed by atoms with van der Waals surface area (Å²) in [6.07, 6.45) is 0. The third-order valence-corrected chi connectivity index (χ3v) is 25.8. The molecule has 0 saturated carbocycles. The highest BCUT2D eigenvalue weighted by Crippen LogP contribution is 2.41. The molecule has 486 valence electrons. The average molecular weight is 1330 g/mol. The molecule has 0 bridgehead atoms. The highest BCUT2D eigenvalue weighted by Gasteiger charge is 2.41. The van der Waals surface area contributed by atoms with Crippen LogP contribution in [0.1, 0.15) is 5.56 Å². The van der Waals surface area contributed by atoms with Gasteiger partial charge in [0.1, 0.15) is 0 Å². The standard InChI is InChI=1S/C42H27N3.C30H20N2.C25H22Si/c1-7-19-37-31(13-1)32-14-2-8-20-38(32)43(37)28-25-29(44-39-21-9-3-15-33(39)34-16-4-10-22-40(34)44)27-30(26-28)45-41-23-11-5-17-35(41)36-18-6-12-24-42(36)45;1-5-16-27-23(12-1)24-13-2-6-17-28(24)31(27)21-10-9-11-22(20-21)32-29-18-7-3-14-25(29)26-15-4-8-19-30(26)32;1-21-12-11-19-25(20-21)26(22-13-5-2-6-14-22,23-15-7-3-8-16-23)24-17-9-4-10-18-24/h1-27H;1-20H;2-20H,1H3. The molecule has 21 rings (SSSR count). The summed E-state index contributed by atoms with van der Waals surface area (Å²) in [5.74, 6) is 0. The van der Waals surface area contributed by atoms with Crippen molar-refractivity contribution in [2.24, 2.45) is 0 Å². The quantitative estimate of drug-likeness (QED) is 0.102. The molecule has 0 spiro atoms. The van der Waals surface area contributed by atoms with E-state index in [0.717, 1.165) is 17.1 Å². The number of aromatic nitrogens is 5. The van der Waals surface area contributed by atoms with Crippen molar-refractivity contribution in [1.82, 2.24) is 22.8 Å². The number of fused-ring (bicyclic) bond motifs is 15. The summed E-state index contributed by atoms with van der Waals surface area (Å²) in [5.41, 5.74) is 19.1. The topological polar surface area (TPSA) is 24.6 Å². The molecule has 21 aromatic rings. The highest BCUT2D eigenvalue weighted by atomic mass is 28.3. The van der Waals surface area contributed by atoms with Crippen LogP contribution in [-0.4, -0.2) is 30.9 Å². The van der Waals surface area contributed by atoms with E-state index in [9.17, 15) is 0 Å². The molecule has 0 aliphatic heterocycles. The molecule has 0 amide bonds. The fourth-order valence-electron chi connectivity index (χ4n) is 16.7. The molecule has 0 unspecified atom stereocenters. The summed E-state index contributed by atoms with van der Waals surface area (Å²) < 4.78 is 12.0. The lowest BCUT2D eigenvalue weighted by molar-refractivity contribution is 1.10. The number of rotatable bonds is 9. The van der Waals surface area contributed by atoms with Gasteiger partial charge in [-0.25, -0.2) is 0 Å². The normalized spacial score (nSPS) is 11.7. The zero-order valence-corrected chi connectivity index (χ0v) is 57.8. The highest BCUT2D eigenvalue weighted by molar-refractivity contribution is 7.19. The van der Waals surface area contributed by atoms with Crippen LogP contribution in [0.5, 0.6) is 0 Å². The number of hydrogen-bond donors (Lipinski definition) is 0. The Morgan fingerprint density at radius 1 is 0.155 bits per heavy atom. The van der Waals surface area contributed by atoms with Crippen molar-refractivity contribution in [2.75, 3.05) is 0 Å². The molecule has 0 N–H and O–H groups in total. The largest absolute Gasteiger partial charge is 0.309 e. The first kappa shape index (κ1) is 60.9. The molecule has 0 saturated heterocycles. The van der Waals surface area contributed by atoms with Gasteiger partial charge in [0.15, 0.2) is 8.07 Å². The van der Waals surface area contributed by atoms with Crippen molar-refractivity contribution in [3.05, 3.63) is 406 Å². The fourth-order valence-corrected chi connectivity index (χ4v) is 21.6. The second kappa shape index (κ2) is 25.5. The molecule has 0 aliphatic carbocycles. The van der Waals surface area contributed by atoms with Gasteiger partial charge in [-0.2, -0.15) is 0 Å². The first-order valence-corrected chi connectivity index (χ1v) is 37.5. The lowest BCUT2D eigenvalue weighted by atomic mass is 10.2.